The van der Waals surface area contributed by atoms with E-state index in [9.17, 15) is 0 Å². The van der Waals surface area contributed by atoms with Gasteiger partial charge in [0.15, 0.2) is 17.5 Å². The Hall–Kier alpha value is -7.63. The van der Waals surface area contributed by atoms with Gasteiger partial charge < -0.3 is 8.98 Å². The van der Waals surface area contributed by atoms with Gasteiger partial charge in [-0.05, 0) is 64.7 Å². The number of furan rings is 1. The monoisotopic (exact) mass is 716 g/mol. The fraction of sp³-hybridized carbons (Fsp3) is 0. The molecule has 56 heavy (non-hydrogen) atoms. The van der Waals surface area contributed by atoms with Crippen LogP contribution in [0.4, 0.5) is 0 Å². The molecule has 0 radical (unpaired) electrons. The average Bonchev–Trinajstić information content (AvgIpc) is 3.82. The largest absolute Gasteiger partial charge is 0.456 e. The maximum absolute atomic E-state index is 6.54. The highest BCUT2D eigenvalue weighted by Gasteiger charge is 2.18. The predicted molar refractivity (Wildman–Crippen MR) is 229 cm³/mol. The Bertz CT molecular complexity index is 3160. The van der Waals surface area contributed by atoms with Gasteiger partial charge in [0.1, 0.15) is 11.2 Å². The maximum atomic E-state index is 6.54. The summed E-state index contributed by atoms with van der Waals surface area (Å²) in [5.74, 6) is 1.85. The Kier molecular flexibility index (Phi) is 7.42. The number of hydrogen-bond acceptors (Lipinski definition) is 4. The summed E-state index contributed by atoms with van der Waals surface area (Å²) in [6.45, 7) is 0. The van der Waals surface area contributed by atoms with Crippen LogP contribution in [0.5, 0.6) is 0 Å². The minimum atomic E-state index is 0.596. The number of benzene rings is 8. The fourth-order valence-corrected chi connectivity index (χ4v) is 7.99. The van der Waals surface area contributed by atoms with Crippen LogP contribution in [0.25, 0.3) is 106 Å². The molecule has 8 aromatic carbocycles. The molecule has 0 saturated carbocycles. The van der Waals surface area contributed by atoms with Crippen molar-refractivity contribution < 1.29 is 4.42 Å². The van der Waals surface area contributed by atoms with Crippen molar-refractivity contribution in [1.82, 2.24) is 19.5 Å². The third-order valence-corrected chi connectivity index (χ3v) is 10.7. The zero-order valence-corrected chi connectivity index (χ0v) is 30.2. The van der Waals surface area contributed by atoms with E-state index in [-0.39, 0.29) is 0 Å². The van der Waals surface area contributed by atoms with E-state index in [0.717, 1.165) is 61.0 Å². The first kappa shape index (κ1) is 31.9. The Balaban J connectivity index is 0.978. The Labute approximate surface area is 322 Å². The van der Waals surface area contributed by atoms with Crippen molar-refractivity contribution in [3.8, 4) is 62.1 Å². The van der Waals surface area contributed by atoms with E-state index in [1.54, 1.807) is 0 Å². The van der Waals surface area contributed by atoms with Crippen LogP contribution in [0.15, 0.2) is 199 Å². The smallest absolute Gasteiger partial charge is 0.164 e. The van der Waals surface area contributed by atoms with Crippen LogP contribution in [0, 0.1) is 0 Å². The molecule has 3 heterocycles. The molecule has 3 aromatic heterocycles. The summed E-state index contributed by atoms with van der Waals surface area (Å²) in [5, 5.41) is 4.63. The van der Waals surface area contributed by atoms with Gasteiger partial charge >= 0.3 is 0 Å². The third kappa shape index (κ3) is 5.37. The quantitative estimate of drug-likeness (QED) is 0.172. The van der Waals surface area contributed by atoms with Gasteiger partial charge in [0.2, 0.25) is 0 Å². The molecule has 0 amide bonds. The molecule has 0 aliphatic carbocycles. The van der Waals surface area contributed by atoms with Gasteiger partial charge in [0.05, 0.1) is 11.0 Å². The first-order valence-electron chi connectivity index (χ1n) is 18.8. The topological polar surface area (TPSA) is 56.7 Å². The van der Waals surface area contributed by atoms with Gasteiger partial charge in [-0.25, -0.2) is 15.0 Å². The SMILES string of the molecule is c1ccc(-c2nc(-c3ccccc3)nc(-c3ccc4c(c3)oc3cccc(-c5ccc(-c6ccc7c8ccccc8n(-c8ccccc8)c7c6)cc5)c34)n2)cc1. The molecule has 5 nitrogen and oxygen atoms in total. The molecular formula is C51H32N4O. The molecule has 0 atom stereocenters. The Morgan fingerprint density at radius 2 is 0.893 bits per heavy atom. The molecule has 0 aliphatic rings. The summed E-state index contributed by atoms with van der Waals surface area (Å²) in [6.07, 6.45) is 0. The average molecular weight is 717 g/mol. The maximum Gasteiger partial charge on any atom is 0.164 e. The molecule has 0 bridgehead atoms. The van der Waals surface area contributed by atoms with Crippen LogP contribution in [-0.4, -0.2) is 19.5 Å². The molecule has 0 aliphatic heterocycles. The van der Waals surface area contributed by atoms with Crippen LogP contribution in [0.1, 0.15) is 0 Å². The lowest BCUT2D eigenvalue weighted by atomic mass is 9.96. The normalized spacial score (nSPS) is 11.6. The van der Waals surface area contributed by atoms with Gasteiger partial charge in [-0.1, -0.05) is 152 Å². The summed E-state index contributed by atoms with van der Waals surface area (Å²) >= 11 is 0. The number of aromatic nitrogens is 4. The second-order valence-electron chi connectivity index (χ2n) is 14.0. The second-order valence-corrected chi connectivity index (χ2v) is 14.0. The van der Waals surface area contributed by atoms with E-state index in [1.165, 1.54) is 27.4 Å². The molecular weight excluding hydrogens is 685 g/mol. The van der Waals surface area contributed by atoms with Gasteiger partial charge in [-0.3, -0.25) is 0 Å². The van der Waals surface area contributed by atoms with Gasteiger partial charge in [0, 0.05) is 43.9 Å². The van der Waals surface area contributed by atoms with Crippen LogP contribution >= 0.6 is 0 Å². The highest BCUT2D eigenvalue weighted by atomic mass is 16.3. The molecule has 0 unspecified atom stereocenters. The van der Waals surface area contributed by atoms with Crippen LogP contribution < -0.4 is 0 Å². The summed E-state index contributed by atoms with van der Waals surface area (Å²) < 4.78 is 8.90. The van der Waals surface area contributed by atoms with Crippen molar-refractivity contribution in [2.75, 3.05) is 0 Å². The molecule has 5 heteroatoms. The third-order valence-electron chi connectivity index (χ3n) is 10.7. The standard InChI is InChI=1S/C51H32N4O/c1-4-13-35(14-5-1)49-52-50(36-15-6-2-7-16-36)54-51(53-49)38-28-30-43-47(32-38)56-46-22-12-20-40(48(43)46)34-25-23-33(24-26-34)37-27-29-42-41-19-10-11-21-44(41)55(45(42)31-37)39-17-8-3-9-18-39/h1-32H. The molecule has 0 saturated heterocycles. The second kappa shape index (κ2) is 13.0. The Morgan fingerprint density at radius 3 is 1.61 bits per heavy atom. The number of rotatable bonds is 6. The van der Waals surface area contributed by atoms with Crippen LogP contribution in [0.2, 0.25) is 0 Å². The molecule has 11 rings (SSSR count). The van der Waals surface area contributed by atoms with E-state index >= 15 is 0 Å². The molecule has 0 spiro atoms. The first-order chi connectivity index (χ1) is 27.7. The van der Waals surface area contributed by atoms with Gasteiger partial charge in [-0.15, -0.1) is 0 Å². The van der Waals surface area contributed by atoms with Crippen molar-refractivity contribution in [2.45, 2.75) is 0 Å². The lowest BCUT2D eigenvalue weighted by molar-refractivity contribution is 0.669. The van der Waals surface area contributed by atoms with Crippen LogP contribution in [0.3, 0.4) is 0 Å². The van der Waals surface area contributed by atoms with Crippen molar-refractivity contribution in [3.05, 3.63) is 194 Å². The van der Waals surface area contributed by atoms with E-state index in [1.807, 2.05) is 72.8 Å². The van der Waals surface area contributed by atoms with Crippen molar-refractivity contribution in [3.63, 3.8) is 0 Å². The van der Waals surface area contributed by atoms with Crippen molar-refractivity contribution >= 4 is 43.7 Å². The zero-order valence-electron chi connectivity index (χ0n) is 30.2. The van der Waals surface area contributed by atoms with Crippen molar-refractivity contribution in [2.24, 2.45) is 0 Å². The Morgan fingerprint density at radius 1 is 0.339 bits per heavy atom. The minimum Gasteiger partial charge on any atom is -0.456 e. The fourth-order valence-electron chi connectivity index (χ4n) is 7.99. The van der Waals surface area contributed by atoms with Gasteiger partial charge in [-0.2, -0.15) is 0 Å². The van der Waals surface area contributed by atoms with E-state index < -0.39 is 0 Å². The van der Waals surface area contributed by atoms with Crippen LogP contribution in [-0.2, 0) is 0 Å². The highest BCUT2D eigenvalue weighted by Crippen LogP contribution is 2.40. The zero-order chi connectivity index (χ0) is 37.0. The minimum absolute atomic E-state index is 0.596. The number of nitrogens with zero attached hydrogens (tertiary/aromatic N) is 4. The van der Waals surface area contributed by atoms with E-state index in [4.69, 9.17) is 19.4 Å². The van der Waals surface area contributed by atoms with Gasteiger partial charge in [0.25, 0.3) is 0 Å². The molecule has 262 valence electrons. The first-order valence-corrected chi connectivity index (χ1v) is 18.8. The molecule has 0 N–H and O–H groups in total. The number of fused-ring (bicyclic) bond motifs is 6. The number of para-hydroxylation sites is 2. The summed E-state index contributed by atoms with van der Waals surface area (Å²) in [6, 6.07) is 67.5. The molecule has 11 aromatic rings. The summed E-state index contributed by atoms with van der Waals surface area (Å²) in [5.41, 5.74) is 12.5. The van der Waals surface area contributed by atoms with E-state index in [0.29, 0.717) is 17.5 Å². The summed E-state index contributed by atoms with van der Waals surface area (Å²) in [7, 11) is 0. The summed E-state index contributed by atoms with van der Waals surface area (Å²) in [4.78, 5) is 14.7. The lowest BCUT2D eigenvalue weighted by Crippen LogP contribution is -2.00. The predicted octanol–water partition coefficient (Wildman–Crippen LogP) is 13.2. The number of hydrogen-bond donors (Lipinski definition) is 0. The highest BCUT2D eigenvalue weighted by molar-refractivity contribution is 6.13. The molecule has 0 fully saturated rings. The lowest BCUT2D eigenvalue weighted by Gasteiger charge is -2.10. The van der Waals surface area contributed by atoms with E-state index in [2.05, 4.69) is 126 Å². The van der Waals surface area contributed by atoms with Crippen molar-refractivity contribution in [1.29, 1.82) is 0 Å².